The summed E-state index contributed by atoms with van der Waals surface area (Å²) in [6.45, 7) is 1.57. The molecule has 1 fully saturated rings. The van der Waals surface area contributed by atoms with Gasteiger partial charge in [-0.05, 0) is 60.2 Å². The highest BCUT2D eigenvalue weighted by molar-refractivity contribution is 5.84. The highest BCUT2D eigenvalue weighted by Crippen LogP contribution is 2.27. The second kappa shape index (κ2) is 13.0. The van der Waals surface area contributed by atoms with Crippen LogP contribution in [0.2, 0.25) is 0 Å². The van der Waals surface area contributed by atoms with Crippen molar-refractivity contribution in [3.63, 3.8) is 0 Å². The number of para-hydroxylation sites is 2. The van der Waals surface area contributed by atoms with Gasteiger partial charge in [0.1, 0.15) is 11.6 Å². The minimum atomic E-state index is -0.348. The number of nitrogens with one attached hydrogen (secondary N) is 3. The lowest BCUT2D eigenvalue weighted by Crippen LogP contribution is -2.94. The number of fused-ring (bicyclic) bond motifs is 2. The smallest absolute Gasteiger partial charge is 0.278 e. The number of rotatable bonds is 11. The summed E-state index contributed by atoms with van der Waals surface area (Å²) in [6, 6.07) is 24.4. The first-order valence-corrected chi connectivity index (χ1v) is 15.9. The maximum Gasteiger partial charge on any atom is 0.278 e. The predicted octanol–water partition coefficient (Wildman–Crippen LogP) is 4.60. The van der Waals surface area contributed by atoms with Crippen molar-refractivity contribution in [3.05, 3.63) is 114 Å². The van der Waals surface area contributed by atoms with E-state index in [9.17, 15) is 4.79 Å². The number of benzene rings is 3. The fraction of sp³-hybridized carbons (Fsp3) is 0.306. The Balaban J connectivity index is 1.25. The fourth-order valence-electron chi connectivity index (χ4n) is 6.65. The van der Waals surface area contributed by atoms with Gasteiger partial charge >= 0.3 is 0 Å². The van der Waals surface area contributed by atoms with Crippen molar-refractivity contribution < 1.29 is 14.8 Å². The Morgan fingerprint density at radius 2 is 1.64 bits per heavy atom. The van der Waals surface area contributed by atoms with Crippen LogP contribution in [0.1, 0.15) is 53.6 Å². The first-order chi connectivity index (χ1) is 22.2. The SMILES string of the molecule is COc1ccc(Cn2c(CCc3c[nH]c4ccccc34)nnc2C(Cc2c[nH]c3ccccc23)NC(=O)C2CCCC[NH2+]2)cc1. The van der Waals surface area contributed by atoms with Gasteiger partial charge < -0.3 is 29.9 Å². The molecule has 0 bridgehead atoms. The van der Waals surface area contributed by atoms with E-state index in [1.54, 1.807) is 7.11 Å². The summed E-state index contributed by atoms with van der Waals surface area (Å²) in [5.74, 6) is 2.55. The molecule has 9 nitrogen and oxygen atoms in total. The van der Waals surface area contributed by atoms with Crippen LogP contribution in [0.15, 0.2) is 85.2 Å². The topological polar surface area (TPSA) is 117 Å². The largest absolute Gasteiger partial charge is 0.497 e. The molecule has 9 heteroatoms. The number of piperidine rings is 1. The molecule has 3 aromatic heterocycles. The molecule has 1 amide bonds. The molecule has 6 aromatic rings. The minimum Gasteiger partial charge on any atom is -0.497 e. The molecule has 0 aliphatic carbocycles. The van der Waals surface area contributed by atoms with E-state index >= 15 is 0 Å². The molecule has 3 aromatic carbocycles. The van der Waals surface area contributed by atoms with Crippen LogP contribution in [-0.2, 0) is 30.6 Å². The van der Waals surface area contributed by atoms with E-state index in [0.29, 0.717) is 13.0 Å². The Bertz CT molecular complexity index is 1900. The van der Waals surface area contributed by atoms with Crippen LogP contribution in [0, 0.1) is 0 Å². The number of quaternary nitrogens is 1. The summed E-state index contributed by atoms with van der Waals surface area (Å²) in [4.78, 5) is 20.5. The van der Waals surface area contributed by atoms with E-state index in [4.69, 9.17) is 14.9 Å². The molecule has 1 saturated heterocycles. The highest BCUT2D eigenvalue weighted by atomic mass is 16.5. The van der Waals surface area contributed by atoms with Gasteiger partial charge in [-0.1, -0.05) is 48.5 Å². The van der Waals surface area contributed by atoms with Crippen LogP contribution in [0.3, 0.4) is 0 Å². The van der Waals surface area contributed by atoms with Gasteiger partial charge in [-0.25, -0.2) is 0 Å². The lowest BCUT2D eigenvalue weighted by atomic mass is 10.0. The molecule has 2 unspecified atom stereocenters. The normalized spacial score (nSPS) is 15.8. The third-order valence-electron chi connectivity index (χ3n) is 9.13. The molecule has 7 rings (SSSR count). The summed E-state index contributed by atoms with van der Waals surface area (Å²) in [6.07, 6.45) is 9.41. The third-order valence-corrected chi connectivity index (χ3v) is 9.13. The van der Waals surface area contributed by atoms with E-state index < -0.39 is 0 Å². The number of amides is 1. The Kier molecular flexibility index (Phi) is 8.33. The van der Waals surface area contributed by atoms with Gasteiger partial charge in [0.05, 0.1) is 26.2 Å². The van der Waals surface area contributed by atoms with E-state index in [1.165, 1.54) is 10.9 Å². The van der Waals surface area contributed by atoms with Crippen molar-refractivity contribution in [2.75, 3.05) is 13.7 Å². The van der Waals surface area contributed by atoms with Crippen LogP contribution in [0.5, 0.6) is 5.75 Å². The van der Waals surface area contributed by atoms with Crippen molar-refractivity contribution in [1.82, 2.24) is 30.0 Å². The van der Waals surface area contributed by atoms with Gasteiger partial charge in [0.2, 0.25) is 0 Å². The number of ether oxygens (including phenoxy) is 1. The Labute approximate surface area is 262 Å². The number of nitrogens with two attached hydrogens (primary N) is 1. The van der Waals surface area contributed by atoms with Crippen molar-refractivity contribution in [2.45, 2.75) is 57.2 Å². The van der Waals surface area contributed by atoms with E-state index in [2.05, 4.69) is 86.1 Å². The zero-order valence-electron chi connectivity index (χ0n) is 25.6. The summed E-state index contributed by atoms with van der Waals surface area (Å²) in [5, 5.41) is 17.6. The molecule has 0 spiro atoms. The fourth-order valence-corrected chi connectivity index (χ4v) is 6.65. The standard InChI is InChI=1S/C36H39N7O2/c1-45-27-16-13-24(14-17-27)23-43-34(18-15-25-21-38-30-10-4-2-8-28(25)30)41-42-35(43)33(40-36(44)32-12-6-7-19-37-32)20-26-22-39-31-11-5-3-9-29(26)31/h2-5,8-11,13-14,16-17,21-22,32-33,37-39H,6-7,12,15,18-20,23H2,1H3,(H,40,44)/p+1. The van der Waals surface area contributed by atoms with Crippen molar-refractivity contribution in [3.8, 4) is 5.75 Å². The number of aromatic nitrogens is 5. The number of hydrogen-bond donors (Lipinski definition) is 4. The highest BCUT2D eigenvalue weighted by Gasteiger charge is 2.30. The molecule has 230 valence electrons. The molecule has 1 aliphatic heterocycles. The quantitative estimate of drug-likeness (QED) is 0.173. The second-order valence-electron chi connectivity index (χ2n) is 12.0. The summed E-state index contributed by atoms with van der Waals surface area (Å²) in [5.41, 5.74) is 5.72. The Morgan fingerprint density at radius 3 is 2.36 bits per heavy atom. The van der Waals surface area contributed by atoms with Crippen LogP contribution in [0.4, 0.5) is 0 Å². The molecule has 0 radical (unpaired) electrons. The van der Waals surface area contributed by atoms with Crippen molar-refractivity contribution in [2.24, 2.45) is 0 Å². The lowest BCUT2D eigenvalue weighted by molar-refractivity contribution is -0.684. The molecule has 4 heterocycles. The second-order valence-corrected chi connectivity index (χ2v) is 12.0. The monoisotopic (exact) mass is 602 g/mol. The Morgan fingerprint density at radius 1 is 0.933 bits per heavy atom. The zero-order chi connectivity index (χ0) is 30.6. The maximum atomic E-state index is 13.7. The first kappa shape index (κ1) is 28.9. The molecular formula is C36H40N7O2+. The van der Waals surface area contributed by atoms with Crippen molar-refractivity contribution in [1.29, 1.82) is 0 Å². The van der Waals surface area contributed by atoms with E-state index in [0.717, 1.165) is 83.6 Å². The van der Waals surface area contributed by atoms with Gasteiger partial charge in [0, 0.05) is 53.5 Å². The number of hydrogen-bond acceptors (Lipinski definition) is 4. The number of aryl methyl sites for hydroxylation is 2. The molecule has 1 aliphatic rings. The van der Waals surface area contributed by atoms with E-state index in [1.807, 2.05) is 24.3 Å². The number of aromatic amines is 2. The molecule has 45 heavy (non-hydrogen) atoms. The average Bonchev–Trinajstić information content (AvgIpc) is 3.81. The first-order valence-electron chi connectivity index (χ1n) is 15.9. The van der Waals surface area contributed by atoms with Gasteiger partial charge in [0.15, 0.2) is 11.9 Å². The number of H-pyrrole nitrogens is 2. The number of methoxy groups -OCH3 is 1. The van der Waals surface area contributed by atoms with Crippen LogP contribution in [-0.4, -0.2) is 50.3 Å². The molecule has 0 saturated carbocycles. The third kappa shape index (κ3) is 6.21. The predicted molar refractivity (Wildman–Crippen MR) is 175 cm³/mol. The minimum absolute atomic E-state index is 0.0684. The lowest BCUT2D eigenvalue weighted by Gasteiger charge is -2.24. The number of nitrogens with zero attached hydrogens (tertiary/aromatic N) is 3. The average molecular weight is 603 g/mol. The Hall–Kier alpha value is -4.89. The van der Waals surface area contributed by atoms with Gasteiger partial charge in [-0.2, -0.15) is 0 Å². The molecule has 2 atom stereocenters. The molecular weight excluding hydrogens is 562 g/mol. The maximum absolute atomic E-state index is 13.7. The van der Waals surface area contributed by atoms with E-state index in [-0.39, 0.29) is 18.0 Å². The van der Waals surface area contributed by atoms with Gasteiger partial charge in [0.25, 0.3) is 5.91 Å². The van der Waals surface area contributed by atoms with Crippen LogP contribution < -0.4 is 15.4 Å². The number of carbonyl (C=O) groups is 1. The summed E-state index contributed by atoms with van der Waals surface area (Å²) >= 11 is 0. The van der Waals surface area contributed by atoms with Crippen LogP contribution >= 0.6 is 0 Å². The summed E-state index contributed by atoms with van der Waals surface area (Å²) < 4.78 is 7.62. The van der Waals surface area contributed by atoms with Crippen molar-refractivity contribution >= 4 is 27.7 Å². The number of carbonyl (C=O) groups excluding carboxylic acids is 1. The van der Waals surface area contributed by atoms with Gasteiger partial charge in [-0.15, -0.1) is 10.2 Å². The molecule has 5 N–H and O–H groups in total. The zero-order valence-corrected chi connectivity index (χ0v) is 25.6. The summed E-state index contributed by atoms with van der Waals surface area (Å²) in [7, 11) is 1.68. The van der Waals surface area contributed by atoms with Gasteiger partial charge in [-0.3, -0.25) is 4.79 Å². The van der Waals surface area contributed by atoms with Crippen LogP contribution in [0.25, 0.3) is 21.8 Å².